The first-order valence-electron chi connectivity index (χ1n) is 12.2. The molecule has 0 aliphatic carbocycles. The molecular formula is C22H42B2F6N2O. The third-order valence-corrected chi connectivity index (χ3v) is 5.06. The van der Waals surface area contributed by atoms with E-state index in [0.29, 0.717) is 0 Å². The van der Waals surface area contributed by atoms with E-state index >= 15 is 0 Å². The van der Waals surface area contributed by atoms with Crippen LogP contribution in [0.2, 0.25) is 0 Å². The molecule has 1 aliphatic rings. The van der Waals surface area contributed by atoms with Crippen LogP contribution >= 0.6 is 0 Å². The minimum Gasteiger partial charge on any atom is -0.395 e. The smallest absolute Gasteiger partial charge is 0.395 e. The van der Waals surface area contributed by atoms with Crippen molar-refractivity contribution in [1.82, 2.24) is 4.90 Å². The number of aliphatic hydroxyl groups excluding tert-OH is 1. The van der Waals surface area contributed by atoms with Gasteiger partial charge in [-0.05, 0) is 32.1 Å². The fourth-order valence-electron chi connectivity index (χ4n) is 3.48. The monoisotopic (exact) mass is 486 g/mol. The van der Waals surface area contributed by atoms with E-state index in [2.05, 4.69) is 29.0 Å². The molecule has 0 fully saturated rings. The Morgan fingerprint density at radius 3 is 1.73 bits per heavy atom. The first kappa shape index (κ1) is 34.0. The summed E-state index contributed by atoms with van der Waals surface area (Å²) in [6, 6.07) is 0. The Bertz CT molecular complexity index is 449. The van der Waals surface area contributed by atoms with Gasteiger partial charge in [-0.3, -0.25) is 30.9 Å². The third kappa shape index (κ3) is 30.9. The van der Waals surface area contributed by atoms with Crippen molar-refractivity contribution in [1.29, 1.82) is 0 Å². The molecule has 1 rings (SSSR count). The van der Waals surface area contributed by atoms with Crippen LogP contribution in [0.25, 0.3) is 0 Å². The highest BCUT2D eigenvalue weighted by atomic mass is 19.4. The zero-order valence-electron chi connectivity index (χ0n) is 20.1. The fourth-order valence-corrected chi connectivity index (χ4v) is 3.48. The minimum atomic E-state index is -3.67. The first-order valence-corrected chi connectivity index (χ1v) is 12.2. The summed E-state index contributed by atoms with van der Waals surface area (Å²) in [6.45, 7) is 5.19. The normalized spacial score (nSPS) is 12.7. The summed E-state index contributed by atoms with van der Waals surface area (Å²) in [5.41, 5.74) is 0. The number of halogens is 6. The van der Waals surface area contributed by atoms with Crippen LogP contribution in [0.1, 0.15) is 96.8 Å². The number of unbranched alkanes of at least 4 members (excludes halogenated alkanes) is 11. The molecule has 0 saturated heterocycles. The third-order valence-electron chi connectivity index (χ3n) is 5.06. The standard InChI is InChI=1S/C22H42N2O.2BF3/c1-2-3-4-5-6-7-8-9-10-11-12-13-14-15-16-17-22-23-18-19-24(22)20-21-25;2*2-1(3)4/h9-10,25H,2-8,11-21H2,1H3;;. The zero-order chi connectivity index (χ0) is 25.2. The molecule has 1 heterocycles. The number of aliphatic hydroxyl groups is 1. The predicted molar refractivity (Wildman–Crippen MR) is 129 cm³/mol. The predicted octanol–water partition coefficient (Wildman–Crippen LogP) is 7.49. The van der Waals surface area contributed by atoms with Gasteiger partial charge < -0.3 is 10.0 Å². The van der Waals surface area contributed by atoms with Gasteiger partial charge in [-0.25, -0.2) is 0 Å². The molecule has 0 spiro atoms. The molecule has 0 radical (unpaired) electrons. The molecule has 0 saturated carbocycles. The molecule has 1 N–H and O–H groups in total. The molecule has 0 unspecified atom stereocenters. The van der Waals surface area contributed by atoms with E-state index in [1.54, 1.807) is 0 Å². The second-order valence-electron chi connectivity index (χ2n) is 7.84. The maximum atomic E-state index is 9.67. The molecule has 11 heteroatoms. The van der Waals surface area contributed by atoms with Gasteiger partial charge in [0.2, 0.25) is 0 Å². The van der Waals surface area contributed by atoms with Crippen molar-refractivity contribution in [3.8, 4) is 0 Å². The molecule has 0 bridgehead atoms. The van der Waals surface area contributed by atoms with E-state index in [-0.39, 0.29) is 6.61 Å². The van der Waals surface area contributed by atoms with Gasteiger partial charge in [-0.15, -0.1) is 0 Å². The van der Waals surface area contributed by atoms with Crippen LogP contribution in [0.15, 0.2) is 17.1 Å². The van der Waals surface area contributed by atoms with Gasteiger partial charge in [0.15, 0.2) is 0 Å². The number of amidine groups is 1. The second-order valence-corrected chi connectivity index (χ2v) is 7.84. The van der Waals surface area contributed by atoms with Gasteiger partial charge in [0.05, 0.1) is 19.0 Å². The quantitative estimate of drug-likeness (QED) is 0.100. The molecule has 0 aromatic rings. The highest BCUT2D eigenvalue weighted by molar-refractivity contribution is 6.33. The zero-order valence-corrected chi connectivity index (χ0v) is 20.1. The van der Waals surface area contributed by atoms with E-state index in [1.165, 1.54) is 89.3 Å². The number of nitrogens with zero attached hydrogens (tertiary/aromatic N) is 2. The van der Waals surface area contributed by atoms with Crippen LogP contribution in [-0.2, 0) is 0 Å². The highest BCUT2D eigenvalue weighted by Gasteiger charge is 2.15. The van der Waals surface area contributed by atoms with Crippen LogP contribution in [-0.4, -0.2) is 57.2 Å². The molecule has 194 valence electrons. The Kier molecular flexibility index (Phi) is 28.0. The van der Waals surface area contributed by atoms with Gasteiger partial charge in [0.1, 0.15) is 0 Å². The van der Waals surface area contributed by atoms with Crippen molar-refractivity contribution < 1.29 is 31.0 Å². The summed E-state index contributed by atoms with van der Waals surface area (Å²) in [5, 5.41) is 9.05. The summed E-state index contributed by atoms with van der Waals surface area (Å²) < 4.78 is 58.0. The van der Waals surface area contributed by atoms with Crippen LogP contribution in [0.4, 0.5) is 25.9 Å². The summed E-state index contributed by atoms with van der Waals surface area (Å²) >= 11 is 0. The Labute approximate surface area is 197 Å². The van der Waals surface area contributed by atoms with Crippen molar-refractivity contribution in [2.24, 2.45) is 4.99 Å². The van der Waals surface area contributed by atoms with Crippen molar-refractivity contribution in [2.45, 2.75) is 96.8 Å². The maximum absolute atomic E-state index is 9.67. The molecule has 1 aliphatic heterocycles. The summed E-state index contributed by atoms with van der Waals surface area (Å²) in [6.07, 6.45) is 23.4. The van der Waals surface area contributed by atoms with Gasteiger partial charge in [-0.2, -0.15) is 0 Å². The average molecular weight is 486 g/mol. The topological polar surface area (TPSA) is 35.8 Å². The summed E-state index contributed by atoms with van der Waals surface area (Å²) in [5.74, 6) is 1.23. The number of hydrogen-bond acceptors (Lipinski definition) is 3. The Morgan fingerprint density at radius 2 is 1.24 bits per heavy atom. The van der Waals surface area contributed by atoms with Crippen LogP contribution in [0, 0.1) is 0 Å². The van der Waals surface area contributed by atoms with E-state index in [9.17, 15) is 25.9 Å². The van der Waals surface area contributed by atoms with E-state index < -0.39 is 15.1 Å². The Hall–Kier alpha value is -1.12. The van der Waals surface area contributed by atoms with Crippen LogP contribution in [0.5, 0.6) is 0 Å². The molecule has 3 nitrogen and oxygen atoms in total. The number of rotatable bonds is 17. The lowest BCUT2D eigenvalue weighted by molar-refractivity contribution is 0.255. The molecule has 0 aromatic heterocycles. The van der Waals surface area contributed by atoms with Crippen LogP contribution in [0.3, 0.4) is 0 Å². The van der Waals surface area contributed by atoms with E-state index in [4.69, 9.17) is 5.11 Å². The molecular weight excluding hydrogens is 444 g/mol. The summed E-state index contributed by atoms with van der Waals surface area (Å²) in [4.78, 5) is 6.81. The number of hydrogen-bond donors (Lipinski definition) is 1. The molecule has 0 aromatic carbocycles. The molecule has 33 heavy (non-hydrogen) atoms. The largest absolute Gasteiger partial charge is 0.762 e. The highest BCUT2D eigenvalue weighted by Crippen LogP contribution is 2.12. The number of allylic oxidation sites excluding steroid dienone is 2. The Morgan fingerprint density at radius 1 is 0.788 bits per heavy atom. The fraction of sp³-hybridized carbons (Fsp3) is 0.864. The SMILES string of the molecule is CCCCCCCCC=CCCCCCCCC1=NCCN1CCO.FB(F)F.FB(F)F. The minimum absolute atomic E-state index is 0.241. The molecule has 0 atom stereocenters. The lowest BCUT2D eigenvalue weighted by atomic mass is 10.1. The summed E-state index contributed by atoms with van der Waals surface area (Å²) in [7, 11) is -7.33. The van der Waals surface area contributed by atoms with Crippen molar-refractivity contribution in [3.05, 3.63) is 12.2 Å². The second kappa shape index (κ2) is 27.1. The lowest BCUT2D eigenvalue weighted by Crippen LogP contribution is -2.30. The van der Waals surface area contributed by atoms with Crippen molar-refractivity contribution in [3.63, 3.8) is 0 Å². The van der Waals surface area contributed by atoms with Crippen LogP contribution < -0.4 is 0 Å². The molecule has 0 amide bonds. The lowest BCUT2D eigenvalue weighted by Gasteiger charge is -2.18. The van der Waals surface area contributed by atoms with E-state index in [0.717, 1.165) is 26.1 Å². The van der Waals surface area contributed by atoms with Crippen molar-refractivity contribution >= 4 is 20.9 Å². The maximum Gasteiger partial charge on any atom is 0.762 e. The van der Waals surface area contributed by atoms with Crippen molar-refractivity contribution in [2.75, 3.05) is 26.2 Å². The van der Waals surface area contributed by atoms with Gasteiger partial charge in [0, 0.05) is 19.5 Å². The first-order chi connectivity index (χ1) is 15.8. The van der Waals surface area contributed by atoms with Gasteiger partial charge >= 0.3 is 15.1 Å². The van der Waals surface area contributed by atoms with E-state index in [1.807, 2.05) is 0 Å². The van der Waals surface area contributed by atoms with Gasteiger partial charge in [0.25, 0.3) is 0 Å². The Balaban J connectivity index is 0. The average Bonchev–Trinajstić information content (AvgIpc) is 3.17. The van der Waals surface area contributed by atoms with Gasteiger partial charge in [-0.1, -0.05) is 70.4 Å². The number of β-amino-alcohol motifs (C(OH)–C–C–N with tert-alkyl or cyclic N) is 1. The number of aliphatic imine (C=N–C) groups is 1.